The lowest BCUT2D eigenvalue weighted by Crippen LogP contribution is -2.36. The molecule has 0 bridgehead atoms. The molecule has 1 rings (SSSR count). The lowest BCUT2D eigenvalue weighted by molar-refractivity contribution is 0.237. The van der Waals surface area contributed by atoms with Crippen LogP contribution in [0.2, 0.25) is 0 Å². The van der Waals surface area contributed by atoms with E-state index in [1.807, 2.05) is 0 Å². The van der Waals surface area contributed by atoms with Crippen LogP contribution in [0.3, 0.4) is 0 Å². The predicted molar refractivity (Wildman–Crippen MR) is 66.8 cm³/mol. The Morgan fingerprint density at radius 2 is 1.93 bits per heavy atom. The molecule has 0 aromatic carbocycles. The fourth-order valence-corrected chi connectivity index (χ4v) is 1.64. The van der Waals surface area contributed by atoms with E-state index in [0.29, 0.717) is 11.5 Å². The van der Waals surface area contributed by atoms with Gasteiger partial charge in [0, 0.05) is 12.6 Å². The fraction of sp³-hybridized carbons (Fsp3) is 1.00. The van der Waals surface area contributed by atoms with Gasteiger partial charge in [-0.3, -0.25) is 0 Å². The van der Waals surface area contributed by atoms with E-state index in [-0.39, 0.29) is 0 Å². The number of nitrogens with one attached hydrogen (secondary N) is 1. The molecule has 1 aliphatic rings. The minimum atomic E-state index is 0.393. The lowest BCUT2D eigenvalue weighted by atomic mass is 9.81. The van der Waals surface area contributed by atoms with E-state index in [9.17, 15) is 0 Å². The smallest absolute Gasteiger partial charge is 0.00792 e. The molecule has 0 amide bonds. The van der Waals surface area contributed by atoms with E-state index in [0.717, 1.165) is 31.3 Å². The second kappa shape index (κ2) is 5.31. The molecule has 0 radical (unpaired) electrons. The largest absolute Gasteiger partial charge is 0.327 e. The second-order valence-electron chi connectivity index (χ2n) is 6.11. The summed E-state index contributed by atoms with van der Waals surface area (Å²) in [5.41, 5.74) is 6.44. The third-order valence-corrected chi connectivity index (χ3v) is 4.03. The molecule has 3 N–H and O–H groups in total. The summed E-state index contributed by atoms with van der Waals surface area (Å²) in [7, 11) is 0. The summed E-state index contributed by atoms with van der Waals surface area (Å²) < 4.78 is 0. The first-order valence-corrected chi connectivity index (χ1v) is 6.40. The highest BCUT2D eigenvalue weighted by molar-refractivity contribution is 4.84. The Kier molecular flexibility index (Phi) is 4.60. The molecule has 0 saturated heterocycles. The third-order valence-electron chi connectivity index (χ3n) is 4.03. The van der Waals surface area contributed by atoms with Crippen LogP contribution >= 0.6 is 0 Å². The van der Waals surface area contributed by atoms with Crippen LogP contribution in [0.15, 0.2) is 0 Å². The molecule has 0 spiro atoms. The van der Waals surface area contributed by atoms with Gasteiger partial charge in [-0.25, -0.2) is 0 Å². The van der Waals surface area contributed by atoms with Crippen molar-refractivity contribution in [3.05, 3.63) is 0 Å². The van der Waals surface area contributed by atoms with Crippen LogP contribution < -0.4 is 11.1 Å². The summed E-state index contributed by atoms with van der Waals surface area (Å²) in [5, 5.41) is 3.54. The zero-order chi connectivity index (χ0) is 11.5. The summed E-state index contributed by atoms with van der Waals surface area (Å²) in [5.74, 6) is 1.56. The van der Waals surface area contributed by atoms with Crippen LogP contribution in [0.1, 0.15) is 47.0 Å². The van der Waals surface area contributed by atoms with Crippen LogP contribution in [0.4, 0.5) is 0 Å². The SMILES string of the molecule is CC(C)C(C)(C)CNCCC(N)C1CC1. The van der Waals surface area contributed by atoms with E-state index in [1.165, 1.54) is 12.8 Å². The molecule has 0 heterocycles. The van der Waals surface area contributed by atoms with Gasteiger partial charge in [-0.15, -0.1) is 0 Å². The lowest BCUT2D eigenvalue weighted by Gasteiger charge is -2.29. The average molecular weight is 212 g/mol. The molecule has 90 valence electrons. The van der Waals surface area contributed by atoms with Gasteiger partial charge in [0.1, 0.15) is 0 Å². The maximum atomic E-state index is 6.05. The van der Waals surface area contributed by atoms with Crippen LogP contribution in [0, 0.1) is 17.3 Å². The van der Waals surface area contributed by atoms with E-state index in [2.05, 4.69) is 33.0 Å². The Balaban J connectivity index is 2.05. The molecule has 1 atom stereocenters. The third kappa shape index (κ3) is 4.52. The molecule has 15 heavy (non-hydrogen) atoms. The zero-order valence-electron chi connectivity index (χ0n) is 10.8. The summed E-state index contributed by atoms with van der Waals surface area (Å²) in [6, 6.07) is 0.444. The van der Waals surface area contributed by atoms with Crippen molar-refractivity contribution in [2.45, 2.75) is 53.0 Å². The molecule has 1 aliphatic carbocycles. The van der Waals surface area contributed by atoms with E-state index in [1.54, 1.807) is 0 Å². The first-order valence-electron chi connectivity index (χ1n) is 6.40. The highest BCUT2D eigenvalue weighted by Crippen LogP contribution is 2.32. The van der Waals surface area contributed by atoms with Crippen molar-refractivity contribution in [1.29, 1.82) is 0 Å². The Labute approximate surface area is 95.0 Å². The minimum Gasteiger partial charge on any atom is -0.327 e. The highest BCUT2D eigenvalue weighted by Gasteiger charge is 2.28. The van der Waals surface area contributed by atoms with Gasteiger partial charge >= 0.3 is 0 Å². The van der Waals surface area contributed by atoms with E-state index >= 15 is 0 Å². The maximum absolute atomic E-state index is 6.05. The van der Waals surface area contributed by atoms with Crippen molar-refractivity contribution < 1.29 is 0 Å². The summed E-state index contributed by atoms with van der Waals surface area (Å²) in [6.45, 7) is 11.4. The predicted octanol–water partition coefficient (Wildman–Crippen LogP) is 2.39. The van der Waals surface area contributed by atoms with Gasteiger partial charge in [0.2, 0.25) is 0 Å². The summed E-state index contributed by atoms with van der Waals surface area (Å²) >= 11 is 0. The Morgan fingerprint density at radius 3 is 2.40 bits per heavy atom. The van der Waals surface area contributed by atoms with Gasteiger partial charge in [0.25, 0.3) is 0 Å². The van der Waals surface area contributed by atoms with Gasteiger partial charge in [0.05, 0.1) is 0 Å². The Hall–Kier alpha value is -0.0800. The Bertz CT molecular complexity index is 183. The monoisotopic (exact) mass is 212 g/mol. The number of hydrogen-bond acceptors (Lipinski definition) is 2. The van der Waals surface area contributed by atoms with Gasteiger partial charge in [0.15, 0.2) is 0 Å². The topological polar surface area (TPSA) is 38.0 Å². The molecule has 1 saturated carbocycles. The minimum absolute atomic E-state index is 0.393. The normalized spacial score (nSPS) is 19.6. The molecule has 0 aliphatic heterocycles. The quantitative estimate of drug-likeness (QED) is 0.636. The number of rotatable bonds is 7. The van der Waals surface area contributed by atoms with Crippen LogP contribution in [0.25, 0.3) is 0 Å². The van der Waals surface area contributed by atoms with Crippen LogP contribution in [-0.4, -0.2) is 19.1 Å². The van der Waals surface area contributed by atoms with E-state index < -0.39 is 0 Å². The maximum Gasteiger partial charge on any atom is 0.00792 e. The van der Waals surface area contributed by atoms with Crippen molar-refractivity contribution in [1.82, 2.24) is 5.32 Å². The molecule has 1 unspecified atom stereocenters. The van der Waals surface area contributed by atoms with Gasteiger partial charge in [-0.05, 0) is 43.1 Å². The summed E-state index contributed by atoms with van der Waals surface area (Å²) in [4.78, 5) is 0. The number of hydrogen-bond donors (Lipinski definition) is 2. The second-order valence-corrected chi connectivity index (χ2v) is 6.11. The van der Waals surface area contributed by atoms with Crippen molar-refractivity contribution in [3.63, 3.8) is 0 Å². The standard InChI is InChI=1S/C13H28N2/c1-10(2)13(3,4)9-15-8-7-12(14)11-5-6-11/h10-12,15H,5-9,14H2,1-4H3. The van der Waals surface area contributed by atoms with Crippen molar-refractivity contribution in [2.75, 3.05) is 13.1 Å². The number of nitrogens with two attached hydrogens (primary N) is 1. The molecule has 2 nitrogen and oxygen atoms in total. The molecule has 0 aromatic rings. The zero-order valence-corrected chi connectivity index (χ0v) is 10.8. The van der Waals surface area contributed by atoms with Crippen molar-refractivity contribution in [3.8, 4) is 0 Å². The molecular weight excluding hydrogens is 184 g/mol. The first kappa shape index (κ1) is 13.0. The van der Waals surface area contributed by atoms with Gasteiger partial charge < -0.3 is 11.1 Å². The van der Waals surface area contributed by atoms with Crippen LogP contribution in [0.5, 0.6) is 0 Å². The van der Waals surface area contributed by atoms with Crippen LogP contribution in [-0.2, 0) is 0 Å². The van der Waals surface area contributed by atoms with Gasteiger partial charge in [-0.2, -0.15) is 0 Å². The van der Waals surface area contributed by atoms with E-state index in [4.69, 9.17) is 5.73 Å². The van der Waals surface area contributed by atoms with Crippen molar-refractivity contribution in [2.24, 2.45) is 23.0 Å². The molecule has 0 aromatic heterocycles. The molecule has 1 fully saturated rings. The van der Waals surface area contributed by atoms with Crippen molar-refractivity contribution >= 4 is 0 Å². The molecular formula is C13H28N2. The first-order chi connectivity index (χ1) is 6.93. The fourth-order valence-electron chi connectivity index (χ4n) is 1.64. The van der Waals surface area contributed by atoms with Gasteiger partial charge in [-0.1, -0.05) is 27.7 Å². The average Bonchev–Trinajstić information content (AvgIpc) is 2.94. The Morgan fingerprint density at radius 1 is 1.33 bits per heavy atom. The highest BCUT2D eigenvalue weighted by atomic mass is 14.9. The summed E-state index contributed by atoms with van der Waals surface area (Å²) in [6.07, 6.45) is 3.86. The molecule has 2 heteroatoms.